The maximum absolute atomic E-state index is 12.0. The molecule has 1 aromatic heterocycles. The molecule has 1 heterocycles. The minimum absolute atomic E-state index is 0.0219. The Labute approximate surface area is 134 Å². The molecule has 7 heteroatoms. The van der Waals surface area contributed by atoms with Crippen LogP contribution in [0.2, 0.25) is 4.34 Å². The van der Waals surface area contributed by atoms with Crippen molar-refractivity contribution < 1.29 is 8.42 Å². The number of benzene rings is 1. The molecule has 0 spiro atoms. The SMILES string of the molecule is CNCc1ccc(CS(=O)(=O)NCc2ccc(Cl)s2)cc1. The highest BCUT2D eigenvalue weighted by atomic mass is 35.5. The second kappa shape index (κ2) is 7.38. The molecule has 0 unspecified atom stereocenters. The predicted molar refractivity (Wildman–Crippen MR) is 88.0 cm³/mol. The lowest BCUT2D eigenvalue weighted by atomic mass is 10.1. The van der Waals surface area contributed by atoms with Crippen LogP contribution in [0.15, 0.2) is 36.4 Å². The number of halogens is 1. The predicted octanol–water partition coefficient (Wildman–Crippen LogP) is 2.74. The molecular formula is C14H17ClN2O2S2. The first-order chi connectivity index (χ1) is 9.98. The number of nitrogens with one attached hydrogen (secondary N) is 2. The van der Waals surface area contributed by atoms with Crippen LogP contribution < -0.4 is 10.0 Å². The molecule has 1 aromatic carbocycles. The van der Waals surface area contributed by atoms with Gasteiger partial charge in [0.15, 0.2) is 0 Å². The molecule has 0 aliphatic carbocycles. The van der Waals surface area contributed by atoms with Gasteiger partial charge in [0.05, 0.1) is 10.1 Å². The average molecular weight is 345 g/mol. The highest BCUT2D eigenvalue weighted by Gasteiger charge is 2.12. The van der Waals surface area contributed by atoms with Crippen LogP contribution in [0.3, 0.4) is 0 Å². The third-order valence-electron chi connectivity index (χ3n) is 2.86. The summed E-state index contributed by atoms with van der Waals surface area (Å²) in [6, 6.07) is 11.1. The van der Waals surface area contributed by atoms with Crippen LogP contribution >= 0.6 is 22.9 Å². The normalized spacial score (nSPS) is 11.7. The number of rotatable bonds is 7. The summed E-state index contributed by atoms with van der Waals surface area (Å²) in [6.07, 6.45) is 0. The molecule has 0 bridgehead atoms. The fourth-order valence-corrected chi connectivity index (χ4v) is 4.08. The van der Waals surface area contributed by atoms with Crippen LogP contribution in [-0.2, 0) is 28.9 Å². The summed E-state index contributed by atoms with van der Waals surface area (Å²) in [5.41, 5.74) is 1.89. The highest BCUT2D eigenvalue weighted by Crippen LogP contribution is 2.21. The minimum atomic E-state index is -3.35. The van der Waals surface area contributed by atoms with Crippen LogP contribution in [0.4, 0.5) is 0 Å². The van der Waals surface area contributed by atoms with Gasteiger partial charge in [0.25, 0.3) is 0 Å². The molecule has 0 aliphatic heterocycles. The van der Waals surface area contributed by atoms with Gasteiger partial charge in [-0.2, -0.15) is 0 Å². The van der Waals surface area contributed by atoms with Gasteiger partial charge < -0.3 is 5.32 Å². The van der Waals surface area contributed by atoms with Crippen molar-refractivity contribution in [3.63, 3.8) is 0 Å². The molecule has 0 amide bonds. The lowest BCUT2D eigenvalue weighted by Crippen LogP contribution is -2.24. The number of sulfonamides is 1. The van der Waals surface area contributed by atoms with Crippen molar-refractivity contribution in [2.75, 3.05) is 7.05 Å². The van der Waals surface area contributed by atoms with Crippen molar-refractivity contribution in [1.29, 1.82) is 0 Å². The van der Waals surface area contributed by atoms with Crippen LogP contribution in [0.5, 0.6) is 0 Å². The van der Waals surface area contributed by atoms with E-state index < -0.39 is 10.0 Å². The van der Waals surface area contributed by atoms with E-state index in [-0.39, 0.29) is 12.3 Å². The first kappa shape index (κ1) is 16.5. The van der Waals surface area contributed by atoms with E-state index in [0.717, 1.165) is 22.5 Å². The van der Waals surface area contributed by atoms with E-state index in [4.69, 9.17) is 11.6 Å². The summed E-state index contributed by atoms with van der Waals surface area (Å²) in [5.74, 6) is -0.0219. The van der Waals surface area contributed by atoms with Crippen molar-refractivity contribution in [2.24, 2.45) is 0 Å². The molecule has 0 atom stereocenters. The Bertz CT molecular complexity index is 681. The third kappa shape index (κ3) is 5.41. The van der Waals surface area contributed by atoms with Gasteiger partial charge in [-0.1, -0.05) is 35.9 Å². The standard InChI is InChI=1S/C14H17ClN2O2S2/c1-16-8-11-2-4-12(5-3-11)10-21(18,19)17-9-13-6-7-14(15)20-13/h2-7,16-17H,8-10H2,1H3. The lowest BCUT2D eigenvalue weighted by molar-refractivity contribution is 0.581. The molecule has 2 rings (SSSR count). The van der Waals surface area contributed by atoms with E-state index in [0.29, 0.717) is 4.34 Å². The summed E-state index contributed by atoms with van der Waals surface area (Å²) >= 11 is 7.19. The van der Waals surface area contributed by atoms with Crippen LogP contribution in [0.25, 0.3) is 0 Å². The zero-order valence-electron chi connectivity index (χ0n) is 11.6. The first-order valence-electron chi connectivity index (χ1n) is 6.42. The van der Waals surface area contributed by atoms with Crippen molar-refractivity contribution in [2.45, 2.75) is 18.8 Å². The molecule has 114 valence electrons. The average Bonchev–Trinajstić information content (AvgIpc) is 2.85. The zero-order chi connectivity index (χ0) is 15.3. The Balaban J connectivity index is 1.93. The van der Waals surface area contributed by atoms with Gasteiger partial charge >= 0.3 is 0 Å². The summed E-state index contributed by atoms with van der Waals surface area (Å²) in [5, 5.41) is 3.05. The molecule has 4 nitrogen and oxygen atoms in total. The molecule has 0 saturated heterocycles. The van der Waals surface area contributed by atoms with Crippen LogP contribution in [0, 0.1) is 0 Å². The van der Waals surface area contributed by atoms with Crippen molar-refractivity contribution in [3.8, 4) is 0 Å². The number of hydrogen-bond donors (Lipinski definition) is 2. The Hall–Kier alpha value is -0.920. The van der Waals surface area contributed by atoms with Gasteiger partial charge in [-0.05, 0) is 30.3 Å². The second-order valence-corrected chi connectivity index (χ2v) is 8.24. The lowest BCUT2D eigenvalue weighted by Gasteiger charge is -2.07. The first-order valence-corrected chi connectivity index (χ1v) is 9.27. The number of thiophene rings is 1. The van der Waals surface area contributed by atoms with Gasteiger partial charge in [-0.3, -0.25) is 0 Å². The molecule has 2 aromatic rings. The third-order valence-corrected chi connectivity index (χ3v) is 5.38. The molecule has 2 N–H and O–H groups in total. The van der Waals surface area contributed by atoms with Crippen LogP contribution in [-0.4, -0.2) is 15.5 Å². The highest BCUT2D eigenvalue weighted by molar-refractivity contribution is 7.88. The molecular weight excluding hydrogens is 328 g/mol. The minimum Gasteiger partial charge on any atom is -0.316 e. The fraction of sp³-hybridized carbons (Fsp3) is 0.286. The van der Waals surface area contributed by atoms with E-state index in [1.165, 1.54) is 11.3 Å². The van der Waals surface area contributed by atoms with Gasteiger partial charge in [0.2, 0.25) is 10.0 Å². The fourth-order valence-electron chi connectivity index (χ4n) is 1.86. The number of hydrogen-bond acceptors (Lipinski definition) is 4. The second-order valence-electron chi connectivity index (χ2n) is 4.63. The van der Waals surface area contributed by atoms with E-state index >= 15 is 0 Å². The van der Waals surface area contributed by atoms with Crippen molar-refractivity contribution >= 4 is 33.0 Å². The quantitative estimate of drug-likeness (QED) is 0.812. The van der Waals surface area contributed by atoms with Gasteiger partial charge in [0, 0.05) is 18.0 Å². The Morgan fingerprint density at radius 2 is 1.71 bits per heavy atom. The largest absolute Gasteiger partial charge is 0.316 e. The van der Waals surface area contributed by atoms with Gasteiger partial charge in [-0.15, -0.1) is 11.3 Å². The van der Waals surface area contributed by atoms with Gasteiger partial charge in [0.1, 0.15) is 0 Å². The summed E-state index contributed by atoms with van der Waals surface area (Å²) in [4.78, 5) is 0.896. The van der Waals surface area contributed by atoms with E-state index in [2.05, 4.69) is 10.0 Å². The van der Waals surface area contributed by atoms with E-state index in [9.17, 15) is 8.42 Å². The van der Waals surface area contributed by atoms with E-state index in [1.54, 1.807) is 6.07 Å². The monoisotopic (exact) mass is 344 g/mol. The Morgan fingerprint density at radius 3 is 2.29 bits per heavy atom. The molecule has 0 saturated carbocycles. The summed E-state index contributed by atoms with van der Waals surface area (Å²) in [7, 11) is -1.48. The van der Waals surface area contributed by atoms with E-state index in [1.807, 2.05) is 37.4 Å². The summed E-state index contributed by atoms with van der Waals surface area (Å²) in [6.45, 7) is 1.04. The molecule has 0 radical (unpaired) electrons. The van der Waals surface area contributed by atoms with Gasteiger partial charge in [-0.25, -0.2) is 13.1 Å². The topological polar surface area (TPSA) is 58.2 Å². The molecule has 0 aliphatic rings. The maximum Gasteiger partial charge on any atom is 0.216 e. The van der Waals surface area contributed by atoms with Crippen molar-refractivity contribution in [1.82, 2.24) is 10.0 Å². The smallest absolute Gasteiger partial charge is 0.216 e. The summed E-state index contributed by atoms with van der Waals surface area (Å²) < 4.78 is 27.3. The Kier molecular flexibility index (Phi) is 5.78. The molecule has 0 fully saturated rings. The van der Waals surface area contributed by atoms with Crippen LogP contribution in [0.1, 0.15) is 16.0 Å². The van der Waals surface area contributed by atoms with Crippen molar-refractivity contribution in [3.05, 3.63) is 56.7 Å². The Morgan fingerprint density at radius 1 is 1.05 bits per heavy atom. The maximum atomic E-state index is 12.0. The molecule has 21 heavy (non-hydrogen) atoms. The zero-order valence-corrected chi connectivity index (χ0v) is 14.0.